The number of urea groups is 1. The van der Waals surface area contributed by atoms with E-state index in [0.29, 0.717) is 18.9 Å². The first kappa shape index (κ1) is 16.2. The summed E-state index contributed by atoms with van der Waals surface area (Å²) in [5.41, 5.74) is 0. The number of esters is 1. The molecule has 0 saturated carbocycles. The van der Waals surface area contributed by atoms with E-state index < -0.39 is 18.5 Å². The lowest BCUT2D eigenvalue weighted by molar-refractivity contribution is -0.152. The van der Waals surface area contributed by atoms with E-state index in [4.69, 9.17) is 4.74 Å². The molecular formula is C14H22N2O4. The predicted molar refractivity (Wildman–Crippen MR) is 73.8 cm³/mol. The van der Waals surface area contributed by atoms with Gasteiger partial charge in [0.1, 0.15) is 0 Å². The Balaban J connectivity index is 2.20. The van der Waals surface area contributed by atoms with Gasteiger partial charge in [-0.2, -0.15) is 0 Å². The standard InChI is InChI=1S/C14H22N2O4/c1-10(2)8-15-14(19)16-12(17)9-20-13(18)11-6-4-3-5-7-11/h3-4,10-11H,5-9H2,1-2H3,(H2,15,16,17,19)/t11-/m1/s1. The van der Waals surface area contributed by atoms with Gasteiger partial charge in [-0.1, -0.05) is 26.0 Å². The number of hydrogen-bond acceptors (Lipinski definition) is 4. The Bertz CT molecular complexity index is 391. The lowest BCUT2D eigenvalue weighted by Crippen LogP contribution is -2.42. The van der Waals surface area contributed by atoms with Gasteiger partial charge in [0.05, 0.1) is 5.92 Å². The highest BCUT2D eigenvalue weighted by molar-refractivity contribution is 5.95. The van der Waals surface area contributed by atoms with Crippen LogP contribution in [-0.4, -0.2) is 31.1 Å². The summed E-state index contributed by atoms with van der Waals surface area (Å²) in [4.78, 5) is 34.4. The third-order valence-electron chi connectivity index (χ3n) is 2.87. The maximum Gasteiger partial charge on any atom is 0.321 e. The molecule has 6 nitrogen and oxygen atoms in total. The van der Waals surface area contributed by atoms with E-state index in [1.165, 1.54) is 0 Å². The third-order valence-corrected chi connectivity index (χ3v) is 2.87. The number of amides is 3. The van der Waals surface area contributed by atoms with Crippen molar-refractivity contribution in [1.29, 1.82) is 0 Å². The fraction of sp³-hybridized carbons (Fsp3) is 0.643. The van der Waals surface area contributed by atoms with Gasteiger partial charge in [-0.15, -0.1) is 0 Å². The largest absolute Gasteiger partial charge is 0.455 e. The molecule has 0 aromatic rings. The van der Waals surface area contributed by atoms with E-state index in [9.17, 15) is 14.4 Å². The van der Waals surface area contributed by atoms with Gasteiger partial charge in [0, 0.05) is 6.54 Å². The molecule has 0 aliphatic heterocycles. The summed E-state index contributed by atoms with van der Waals surface area (Å²) < 4.78 is 4.90. The second kappa shape index (κ2) is 8.35. The number of carbonyl (C=O) groups is 3. The van der Waals surface area contributed by atoms with Gasteiger partial charge in [0.25, 0.3) is 5.91 Å². The zero-order chi connectivity index (χ0) is 15.0. The molecule has 0 fully saturated rings. The molecule has 1 aliphatic carbocycles. The number of nitrogens with one attached hydrogen (secondary N) is 2. The highest BCUT2D eigenvalue weighted by Crippen LogP contribution is 2.19. The lowest BCUT2D eigenvalue weighted by atomic mass is 9.95. The van der Waals surface area contributed by atoms with Crippen LogP contribution in [0.3, 0.4) is 0 Å². The molecule has 112 valence electrons. The van der Waals surface area contributed by atoms with Crippen molar-refractivity contribution in [3.05, 3.63) is 12.2 Å². The highest BCUT2D eigenvalue weighted by atomic mass is 16.5. The predicted octanol–water partition coefficient (Wildman–Crippen LogP) is 1.37. The second-order valence-electron chi connectivity index (χ2n) is 5.24. The first-order valence-corrected chi connectivity index (χ1v) is 6.88. The van der Waals surface area contributed by atoms with Crippen molar-refractivity contribution in [2.24, 2.45) is 11.8 Å². The van der Waals surface area contributed by atoms with E-state index in [0.717, 1.165) is 12.8 Å². The summed E-state index contributed by atoms with van der Waals surface area (Å²) in [5.74, 6) is -0.881. The molecule has 0 saturated heterocycles. The Labute approximate surface area is 118 Å². The molecule has 0 unspecified atom stereocenters. The molecule has 0 bridgehead atoms. The van der Waals surface area contributed by atoms with Gasteiger partial charge in [-0.05, 0) is 25.2 Å². The van der Waals surface area contributed by atoms with Crippen LogP contribution >= 0.6 is 0 Å². The molecule has 0 spiro atoms. The lowest BCUT2D eigenvalue weighted by Gasteiger charge is -2.16. The van der Waals surface area contributed by atoms with Crippen molar-refractivity contribution >= 4 is 17.9 Å². The van der Waals surface area contributed by atoms with Crippen LogP contribution in [0.15, 0.2) is 12.2 Å². The van der Waals surface area contributed by atoms with Gasteiger partial charge in [-0.25, -0.2) is 4.79 Å². The number of imide groups is 1. The molecule has 1 rings (SSSR count). The summed E-state index contributed by atoms with van der Waals surface area (Å²) in [7, 11) is 0. The Morgan fingerprint density at radius 1 is 1.30 bits per heavy atom. The minimum absolute atomic E-state index is 0.178. The van der Waals surface area contributed by atoms with Crippen LogP contribution in [0.5, 0.6) is 0 Å². The molecule has 0 aromatic carbocycles. The number of hydrogen-bond donors (Lipinski definition) is 2. The van der Waals surface area contributed by atoms with E-state index in [2.05, 4.69) is 10.6 Å². The van der Waals surface area contributed by atoms with Crippen LogP contribution in [0.1, 0.15) is 33.1 Å². The zero-order valence-electron chi connectivity index (χ0n) is 12.0. The van der Waals surface area contributed by atoms with Gasteiger partial charge in [0.2, 0.25) is 0 Å². The molecular weight excluding hydrogens is 260 g/mol. The quantitative estimate of drug-likeness (QED) is 0.589. The summed E-state index contributed by atoms with van der Waals surface area (Å²) in [5, 5.41) is 4.66. The number of rotatable bonds is 5. The summed E-state index contributed by atoms with van der Waals surface area (Å²) in [6.45, 7) is 3.95. The molecule has 6 heteroatoms. The van der Waals surface area contributed by atoms with Gasteiger partial charge < -0.3 is 10.1 Å². The SMILES string of the molecule is CC(C)CNC(=O)NC(=O)COC(=O)[C@@H]1CC=CCC1. The smallest absolute Gasteiger partial charge is 0.321 e. The van der Waals surface area contributed by atoms with Crippen LogP contribution in [0.2, 0.25) is 0 Å². The van der Waals surface area contributed by atoms with Crippen LogP contribution in [-0.2, 0) is 14.3 Å². The van der Waals surface area contributed by atoms with Crippen LogP contribution in [0.4, 0.5) is 4.79 Å². The third kappa shape index (κ3) is 6.36. The first-order chi connectivity index (χ1) is 9.49. The summed E-state index contributed by atoms with van der Waals surface area (Å²) in [6.07, 6.45) is 6.20. The maximum absolute atomic E-state index is 11.7. The molecule has 0 heterocycles. The topological polar surface area (TPSA) is 84.5 Å². The highest BCUT2D eigenvalue weighted by Gasteiger charge is 2.21. The molecule has 3 amide bonds. The fourth-order valence-corrected chi connectivity index (χ4v) is 1.77. The molecule has 20 heavy (non-hydrogen) atoms. The van der Waals surface area contributed by atoms with Gasteiger partial charge in [0.15, 0.2) is 6.61 Å². The normalized spacial score (nSPS) is 17.6. The van der Waals surface area contributed by atoms with Crippen LogP contribution in [0.25, 0.3) is 0 Å². The Hall–Kier alpha value is -1.85. The Kier molecular flexibility index (Phi) is 6.76. The van der Waals surface area contributed by atoms with Crippen molar-refractivity contribution in [2.45, 2.75) is 33.1 Å². The Morgan fingerprint density at radius 2 is 2.05 bits per heavy atom. The molecule has 0 aromatic heterocycles. The maximum atomic E-state index is 11.7. The molecule has 2 N–H and O–H groups in total. The van der Waals surface area contributed by atoms with Crippen LogP contribution in [0, 0.1) is 11.8 Å². The van der Waals surface area contributed by atoms with E-state index in [1.54, 1.807) is 0 Å². The summed E-state index contributed by atoms with van der Waals surface area (Å²) in [6, 6.07) is -0.569. The van der Waals surface area contributed by atoms with E-state index in [-0.39, 0.29) is 11.9 Å². The number of carbonyl (C=O) groups excluding carboxylic acids is 3. The van der Waals surface area contributed by atoms with Crippen molar-refractivity contribution in [3.63, 3.8) is 0 Å². The number of ether oxygens (including phenoxy) is 1. The number of allylic oxidation sites excluding steroid dienone is 2. The minimum Gasteiger partial charge on any atom is -0.455 e. The van der Waals surface area contributed by atoms with Gasteiger partial charge >= 0.3 is 12.0 Å². The van der Waals surface area contributed by atoms with E-state index in [1.807, 2.05) is 26.0 Å². The average molecular weight is 282 g/mol. The van der Waals surface area contributed by atoms with Crippen molar-refractivity contribution < 1.29 is 19.1 Å². The minimum atomic E-state index is -0.619. The van der Waals surface area contributed by atoms with Crippen molar-refractivity contribution in [1.82, 2.24) is 10.6 Å². The molecule has 1 aliphatic rings. The summed E-state index contributed by atoms with van der Waals surface area (Å²) >= 11 is 0. The zero-order valence-corrected chi connectivity index (χ0v) is 12.0. The van der Waals surface area contributed by atoms with Crippen molar-refractivity contribution in [3.8, 4) is 0 Å². The van der Waals surface area contributed by atoms with Crippen LogP contribution < -0.4 is 10.6 Å². The van der Waals surface area contributed by atoms with Gasteiger partial charge in [-0.3, -0.25) is 14.9 Å². The first-order valence-electron chi connectivity index (χ1n) is 6.88. The van der Waals surface area contributed by atoms with E-state index >= 15 is 0 Å². The van der Waals surface area contributed by atoms with Crippen molar-refractivity contribution in [2.75, 3.05) is 13.2 Å². The molecule has 1 atom stereocenters. The second-order valence-corrected chi connectivity index (χ2v) is 5.24. The monoisotopic (exact) mass is 282 g/mol. The average Bonchev–Trinajstić information content (AvgIpc) is 2.43. The fourth-order valence-electron chi connectivity index (χ4n) is 1.77. The Morgan fingerprint density at radius 3 is 2.65 bits per heavy atom. The molecule has 0 radical (unpaired) electrons.